The summed E-state index contributed by atoms with van der Waals surface area (Å²) in [6.45, 7) is 0.964. The predicted octanol–water partition coefficient (Wildman–Crippen LogP) is 6.24. The number of halogens is 2. The molecule has 0 spiro atoms. The lowest BCUT2D eigenvalue weighted by Gasteiger charge is -2.28. The molecule has 3 amide bonds. The lowest BCUT2D eigenvalue weighted by Crippen LogP contribution is -2.46. The van der Waals surface area contributed by atoms with Crippen LogP contribution in [0.2, 0.25) is 10.0 Å². The number of rotatable bonds is 13. The van der Waals surface area contributed by atoms with Crippen LogP contribution in [0.15, 0.2) is 66.9 Å². The van der Waals surface area contributed by atoms with Crippen molar-refractivity contribution in [1.29, 1.82) is 0 Å². The highest BCUT2D eigenvalue weighted by atomic mass is 35.5. The molecule has 4 rings (SSSR count). The molecule has 0 saturated heterocycles. The third-order valence-electron chi connectivity index (χ3n) is 6.87. The number of nitrogens with one attached hydrogen (secondary N) is 2. The number of hydrogen-bond donors (Lipinski definition) is 2. The number of aromatic nitrogens is 1. The van der Waals surface area contributed by atoms with E-state index in [-0.39, 0.29) is 31.3 Å². The van der Waals surface area contributed by atoms with Gasteiger partial charge in [0.1, 0.15) is 6.54 Å². The first-order valence-electron chi connectivity index (χ1n) is 13.4. The van der Waals surface area contributed by atoms with E-state index in [1.54, 1.807) is 37.3 Å². The Labute approximate surface area is 255 Å². The summed E-state index contributed by atoms with van der Waals surface area (Å²) in [5.41, 5.74) is 3.27. The second-order valence-corrected chi connectivity index (χ2v) is 10.4. The number of nitrogens with zero attached hydrogens (tertiary/aromatic N) is 2. The number of benzene rings is 3. The number of para-hydroxylation sites is 2. The molecule has 0 saturated carbocycles. The minimum Gasteiger partial charge on any atom is -0.493 e. The van der Waals surface area contributed by atoms with Crippen LogP contribution in [0.4, 0.5) is 10.5 Å². The van der Waals surface area contributed by atoms with Crippen molar-refractivity contribution in [3.8, 4) is 11.5 Å². The quantitative estimate of drug-likeness (QED) is 0.186. The molecule has 0 aliphatic carbocycles. The topological polar surface area (TPSA) is 96.1 Å². The standard InChI is InChI=1S/C31H34Cl2N4O5/c1-40-16-15-37(31(39)35-30-24(32)8-6-9-25(30)33)20-29(38)36(19-21-11-12-27(41-2)28(17-21)42-3)14-13-22-18-34-26-10-5-4-7-23(22)26/h4-12,17-18,34H,13-16,19-20H2,1-3H3,(H,35,39). The highest BCUT2D eigenvalue weighted by Gasteiger charge is 2.23. The van der Waals surface area contributed by atoms with Crippen LogP contribution in [0.5, 0.6) is 11.5 Å². The summed E-state index contributed by atoms with van der Waals surface area (Å²) < 4.78 is 16.1. The van der Waals surface area contributed by atoms with E-state index in [9.17, 15) is 9.59 Å². The van der Waals surface area contributed by atoms with Gasteiger partial charge in [0.05, 0.1) is 36.6 Å². The fourth-order valence-corrected chi connectivity index (χ4v) is 5.10. The molecule has 0 bridgehead atoms. The lowest BCUT2D eigenvalue weighted by atomic mass is 10.1. The smallest absolute Gasteiger partial charge is 0.322 e. The molecule has 0 fully saturated rings. The van der Waals surface area contributed by atoms with E-state index in [0.717, 1.165) is 22.0 Å². The van der Waals surface area contributed by atoms with Crippen molar-refractivity contribution >= 4 is 51.7 Å². The van der Waals surface area contributed by atoms with Gasteiger partial charge in [-0.15, -0.1) is 0 Å². The summed E-state index contributed by atoms with van der Waals surface area (Å²) in [5.74, 6) is 0.927. The number of ether oxygens (including phenoxy) is 3. The van der Waals surface area contributed by atoms with Gasteiger partial charge in [0, 0.05) is 43.8 Å². The van der Waals surface area contributed by atoms with Crippen molar-refractivity contribution in [2.24, 2.45) is 0 Å². The SMILES string of the molecule is COCCN(CC(=O)N(CCc1c[nH]c2ccccc12)Cc1ccc(OC)c(OC)c1)C(=O)Nc1c(Cl)cccc1Cl. The van der Waals surface area contributed by atoms with E-state index in [2.05, 4.69) is 16.4 Å². The summed E-state index contributed by atoms with van der Waals surface area (Å²) >= 11 is 12.5. The molecule has 0 radical (unpaired) electrons. The van der Waals surface area contributed by atoms with Gasteiger partial charge in [-0.1, -0.05) is 53.5 Å². The number of anilines is 1. The van der Waals surface area contributed by atoms with Crippen LogP contribution in [-0.4, -0.2) is 74.3 Å². The largest absolute Gasteiger partial charge is 0.493 e. The number of carbonyl (C=O) groups is 2. The van der Waals surface area contributed by atoms with E-state index < -0.39 is 6.03 Å². The minimum atomic E-state index is -0.516. The highest BCUT2D eigenvalue weighted by Crippen LogP contribution is 2.30. The molecule has 0 aliphatic heterocycles. The molecule has 2 N–H and O–H groups in total. The molecule has 1 heterocycles. The Morgan fingerprint density at radius 3 is 2.33 bits per heavy atom. The number of methoxy groups -OCH3 is 3. The number of hydrogen-bond acceptors (Lipinski definition) is 5. The Morgan fingerprint density at radius 1 is 0.881 bits per heavy atom. The van der Waals surface area contributed by atoms with Crippen LogP contribution in [0.25, 0.3) is 10.9 Å². The highest BCUT2D eigenvalue weighted by molar-refractivity contribution is 6.39. The fraction of sp³-hybridized carbons (Fsp3) is 0.290. The van der Waals surface area contributed by atoms with E-state index in [1.165, 1.54) is 12.0 Å². The fourth-order valence-electron chi connectivity index (χ4n) is 4.61. The van der Waals surface area contributed by atoms with Gasteiger partial charge < -0.3 is 34.3 Å². The van der Waals surface area contributed by atoms with Crippen LogP contribution in [-0.2, 0) is 22.5 Å². The van der Waals surface area contributed by atoms with Crippen molar-refractivity contribution < 1.29 is 23.8 Å². The molecule has 9 nitrogen and oxygen atoms in total. The maximum atomic E-state index is 13.9. The average molecular weight is 614 g/mol. The van der Waals surface area contributed by atoms with Gasteiger partial charge in [-0.3, -0.25) is 4.79 Å². The number of urea groups is 1. The summed E-state index contributed by atoms with van der Waals surface area (Å²) in [5, 5.41) is 4.44. The summed E-state index contributed by atoms with van der Waals surface area (Å²) in [7, 11) is 4.68. The van der Waals surface area contributed by atoms with Gasteiger partial charge in [-0.2, -0.15) is 0 Å². The van der Waals surface area contributed by atoms with Crippen LogP contribution in [0, 0.1) is 0 Å². The van der Waals surface area contributed by atoms with Crippen molar-refractivity contribution in [3.63, 3.8) is 0 Å². The van der Waals surface area contributed by atoms with Crippen LogP contribution in [0.1, 0.15) is 11.1 Å². The second kappa shape index (κ2) is 14.8. The Bertz CT molecular complexity index is 1510. The minimum absolute atomic E-state index is 0.182. The van der Waals surface area contributed by atoms with E-state index >= 15 is 0 Å². The zero-order valence-electron chi connectivity index (χ0n) is 23.8. The molecule has 222 valence electrons. The number of carbonyl (C=O) groups excluding carboxylic acids is 2. The number of H-pyrrole nitrogens is 1. The maximum Gasteiger partial charge on any atom is 0.322 e. The molecular weight excluding hydrogens is 579 g/mol. The van der Waals surface area contributed by atoms with Crippen LogP contribution >= 0.6 is 23.2 Å². The van der Waals surface area contributed by atoms with Crippen LogP contribution in [0.3, 0.4) is 0 Å². The molecule has 3 aromatic carbocycles. The van der Waals surface area contributed by atoms with Gasteiger partial charge in [-0.05, 0) is 47.9 Å². The third-order valence-corrected chi connectivity index (χ3v) is 7.50. The van der Waals surface area contributed by atoms with Gasteiger partial charge in [0.15, 0.2) is 11.5 Å². The first kappa shape index (κ1) is 31.0. The number of amides is 3. The Kier molecular flexibility index (Phi) is 10.9. The summed E-state index contributed by atoms with van der Waals surface area (Å²) in [4.78, 5) is 33.6. The van der Waals surface area contributed by atoms with Crippen molar-refractivity contribution in [2.75, 3.05) is 52.9 Å². The Hall–Kier alpha value is -3.92. The normalized spacial score (nSPS) is 10.9. The molecule has 4 aromatic rings. The first-order valence-corrected chi connectivity index (χ1v) is 14.1. The molecule has 0 aliphatic rings. The monoisotopic (exact) mass is 612 g/mol. The zero-order valence-corrected chi connectivity index (χ0v) is 25.3. The van der Waals surface area contributed by atoms with Crippen molar-refractivity contribution in [2.45, 2.75) is 13.0 Å². The molecule has 1 aromatic heterocycles. The second-order valence-electron chi connectivity index (χ2n) is 9.56. The third kappa shape index (κ3) is 7.67. The maximum absolute atomic E-state index is 13.9. The molecule has 0 atom stereocenters. The predicted molar refractivity (Wildman–Crippen MR) is 166 cm³/mol. The number of fused-ring (bicyclic) bond motifs is 1. The first-order chi connectivity index (χ1) is 20.3. The van der Waals surface area contributed by atoms with E-state index in [1.807, 2.05) is 42.6 Å². The van der Waals surface area contributed by atoms with Gasteiger partial charge in [0.2, 0.25) is 5.91 Å². The van der Waals surface area contributed by atoms with Gasteiger partial charge in [-0.25, -0.2) is 4.79 Å². The summed E-state index contributed by atoms with van der Waals surface area (Å²) in [6.07, 6.45) is 2.58. The Morgan fingerprint density at radius 2 is 1.62 bits per heavy atom. The van der Waals surface area contributed by atoms with E-state index in [4.69, 9.17) is 37.4 Å². The lowest BCUT2D eigenvalue weighted by molar-refractivity contribution is -0.132. The average Bonchev–Trinajstić information content (AvgIpc) is 3.41. The molecule has 11 heteroatoms. The summed E-state index contributed by atoms with van der Waals surface area (Å²) in [6, 6.07) is 18.0. The molecule has 0 unspecified atom stereocenters. The molecule has 42 heavy (non-hydrogen) atoms. The van der Waals surface area contributed by atoms with Gasteiger partial charge >= 0.3 is 6.03 Å². The molecular formula is C31H34Cl2N4O5. The number of aromatic amines is 1. The van der Waals surface area contributed by atoms with Crippen molar-refractivity contribution in [1.82, 2.24) is 14.8 Å². The zero-order chi connectivity index (χ0) is 30.1. The van der Waals surface area contributed by atoms with Crippen molar-refractivity contribution in [3.05, 3.63) is 88.0 Å². The van der Waals surface area contributed by atoms with Gasteiger partial charge in [0.25, 0.3) is 0 Å². The Balaban J connectivity index is 1.57. The van der Waals surface area contributed by atoms with Crippen LogP contribution < -0.4 is 14.8 Å². The van der Waals surface area contributed by atoms with E-state index in [0.29, 0.717) is 41.1 Å².